The van der Waals surface area contributed by atoms with Gasteiger partial charge in [0.15, 0.2) is 0 Å². The van der Waals surface area contributed by atoms with Gasteiger partial charge in [-0.05, 0) is 42.9 Å². The van der Waals surface area contributed by atoms with Gasteiger partial charge >= 0.3 is 0 Å². The molecule has 1 saturated carbocycles. The molecule has 1 aliphatic rings. The summed E-state index contributed by atoms with van der Waals surface area (Å²) in [6, 6.07) is 6.58. The Labute approximate surface area is 143 Å². The van der Waals surface area contributed by atoms with Crippen LogP contribution in [0.1, 0.15) is 53.0 Å². The van der Waals surface area contributed by atoms with Crippen molar-refractivity contribution < 1.29 is 4.79 Å². The lowest BCUT2D eigenvalue weighted by molar-refractivity contribution is -0.122. The van der Waals surface area contributed by atoms with Crippen LogP contribution in [0.4, 0.5) is 11.6 Å². The van der Waals surface area contributed by atoms with E-state index in [1.165, 1.54) is 6.42 Å². The molecule has 0 saturated heterocycles. The summed E-state index contributed by atoms with van der Waals surface area (Å²) in [5.41, 5.74) is 3.00. The van der Waals surface area contributed by atoms with Crippen molar-refractivity contribution in [2.75, 3.05) is 17.7 Å². The molecule has 0 radical (unpaired) electrons. The fourth-order valence-electron chi connectivity index (χ4n) is 2.96. The minimum atomic E-state index is -0.0833. The molecule has 1 atom stereocenters. The Kier molecular flexibility index (Phi) is 4.28. The fraction of sp³-hybridized carbons (Fsp3) is 0.579. The van der Waals surface area contributed by atoms with Crippen LogP contribution in [0.2, 0.25) is 0 Å². The second-order valence-electron chi connectivity index (χ2n) is 7.92. The molecular formula is C19H28N4O. The van der Waals surface area contributed by atoms with Crippen LogP contribution < -0.4 is 10.6 Å². The normalized spacial score (nSPS) is 16.7. The van der Waals surface area contributed by atoms with E-state index < -0.39 is 0 Å². The van der Waals surface area contributed by atoms with E-state index in [1.807, 2.05) is 26.1 Å². The molecule has 2 N–H and O–H groups in total. The number of hydrogen-bond acceptors (Lipinski definition) is 3. The molecule has 1 aliphatic carbocycles. The van der Waals surface area contributed by atoms with Crippen molar-refractivity contribution in [2.45, 2.75) is 53.0 Å². The number of nitrogens with one attached hydrogen (secondary N) is 2. The van der Waals surface area contributed by atoms with E-state index in [0.29, 0.717) is 12.0 Å². The third-order valence-electron chi connectivity index (χ3n) is 5.35. The number of hydrogen-bond donors (Lipinski definition) is 2. The predicted molar refractivity (Wildman–Crippen MR) is 99.4 cm³/mol. The largest absolute Gasteiger partial charge is 0.388 e. The van der Waals surface area contributed by atoms with Crippen molar-refractivity contribution in [3.63, 3.8) is 0 Å². The Morgan fingerprint density at radius 2 is 2.04 bits per heavy atom. The third kappa shape index (κ3) is 2.99. The standard InChI is InChI=1S/C19H28N4O/c1-12(19(2,3)4)17(24)22-18-21-15-10-9-13(20-5)11-16(15)23(18)14-7-6-8-14/h9-12,14,20H,6-8H2,1-5H3,(H,21,22,24)/t12-/m1/s1. The predicted octanol–water partition coefficient (Wildman–Crippen LogP) is 4.42. The van der Waals surface area contributed by atoms with Crippen LogP contribution in [-0.4, -0.2) is 22.5 Å². The molecule has 5 nitrogen and oxygen atoms in total. The molecule has 5 heteroatoms. The lowest BCUT2D eigenvalue weighted by Gasteiger charge is -2.30. The lowest BCUT2D eigenvalue weighted by atomic mass is 9.81. The Bertz CT molecular complexity index is 753. The number of anilines is 2. The second kappa shape index (κ2) is 6.11. The van der Waals surface area contributed by atoms with Crippen molar-refractivity contribution in [2.24, 2.45) is 11.3 Å². The van der Waals surface area contributed by atoms with Crippen LogP contribution in [0, 0.1) is 11.3 Å². The highest BCUT2D eigenvalue weighted by Crippen LogP contribution is 2.38. The maximum Gasteiger partial charge on any atom is 0.230 e. The number of nitrogens with zero attached hydrogens (tertiary/aromatic N) is 2. The number of amides is 1. The Balaban J connectivity index is 1.99. The first-order valence-electron chi connectivity index (χ1n) is 8.82. The van der Waals surface area contributed by atoms with Gasteiger partial charge in [-0.2, -0.15) is 0 Å². The topological polar surface area (TPSA) is 59.0 Å². The Morgan fingerprint density at radius 3 is 2.58 bits per heavy atom. The number of imidazole rings is 1. The van der Waals surface area contributed by atoms with E-state index in [1.54, 1.807) is 0 Å². The number of rotatable bonds is 4. The minimum Gasteiger partial charge on any atom is -0.388 e. The molecule has 0 aliphatic heterocycles. The van der Waals surface area contributed by atoms with Crippen LogP contribution >= 0.6 is 0 Å². The maximum absolute atomic E-state index is 12.7. The van der Waals surface area contributed by atoms with Crippen molar-refractivity contribution in [3.8, 4) is 0 Å². The first-order valence-corrected chi connectivity index (χ1v) is 8.82. The molecular weight excluding hydrogens is 300 g/mol. The van der Waals surface area contributed by atoms with Crippen molar-refractivity contribution in [1.29, 1.82) is 0 Å². The second-order valence-corrected chi connectivity index (χ2v) is 7.92. The third-order valence-corrected chi connectivity index (χ3v) is 5.35. The van der Waals surface area contributed by atoms with Gasteiger partial charge in [0, 0.05) is 24.7 Å². The van der Waals surface area contributed by atoms with E-state index in [-0.39, 0.29) is 17.2 Å². The van der Waals surface area contributed by atoms with Gasteiger partial charge in [0.05, 0.1) is 11.0 Å². The molecule has 1 aromatic carbocycles. The first-order chi connectivity index (χ1) is 11.3. The van der Waals surface area contributed by atoms with Gasteiger partial charge < -0.3 is 9.88 Å². The number of aromatic nitrogens is 2. The fourth-order valence-corrected chi connectivity index (χ4v) is 2.96. The molecule has 24 heavy (non-hydrogen) atoms. The summed E-state index contributed by atoms with van der Waals surface area (Å²) in [6.07, 6.45) is 3.53. The molecule has 1 fully saturated rings. The van der Waals surface area contributed by atoms with Gasteiger partial charge in [0.2, 0.25) is 11.9 Å². The summed E-state index contributed by atoms with van der Waals surface area (Å²) in [4.78, 5) is 17.4. The summed E-state index contributed by atoms with van der Waals surface area (Å²) in [7, 11) is 1.92. The molecule has 1 aromatic heterocycles. The van der Waals surface area contributed by atoms with Gasteiger partial charge in [-0.1, -0.05) is 27.7 Å². The average molecular weight is 328 g/mol. The highest BCUT2D eigenvalue weighted by molar-refractivity contribution is 5.93. The summed E-state index contributed by atoms with van der Waals surface area (Å²) in [6.45, 7) is 8.24. The molecule has 3 rings (SSSR count). The van der Waals surface area contributed by atoms with Crippen molar-refractivity contribution in [3.05, 3.63) is 18.2 Å². The van der Waals surface area contributed by atoms with E-state index in [0.717, 1.165) is 29.6 Å². The van der Waals surface area contributed by atoms with Gasteiger partial charge in [-0.3, -0.25) is 10.1 Å². The zero-order valence-electron chi connectivity index (χ0n) is 15.3. The van der Waals surface area contributed by atoms with Gasteiger partial charge in [0.25, 0.3) is 0 Å². The van der Waals surface area contributed by atoms with Crippen LogP contribution in [0.25, 0.3) is 11.0 Å². The Morgan fingerprint density at radius 1 is 1.33 bits per heavy atom. The number of benzene rings is 1. The van der Waals surface area contributed by atoms with Crippen LogP contribution in [-0.2, 0) is 4.79 Å². The van der Waals surface area contributed by atoms with Crippen LogP contribution in [0.15, 0.2) is 18.2 Å². The summed E-state index contributed by atoms with van der Waals surface area (Å²) in [5.74, 6) is 0.635. The molecule has 130 valence electrons. The van der Waals surface area contributed by atoms with Gasteiger partial charge in [-0.25, -0.2) is 4.98 Å². The molecule has 0 spiro atoms. The zero-order chi connectivity index (χ0) is 17.5. The van der Waals surface area contributed by atoms with Gasteiger partial charge in [-0.15, -0.1) is 0 Å². The number of carbonyl (C=O) groups excluding carboxylic acids is 1. The van der Waals surface area contributed by atoms with E-state index in [2.05, 4.69) is 42.0 Å². The lowest BCUT2D eigenvalue weighted by Crippen LogP contribution is -2.32. The van der Waals surface area contributed by atoms with Gasteiger partial charge in [0.1, 0.15) is 0 Å². The SMILES string of the molecule is CNc1ccc2nc(NC(=O)[C@@H](C)C(C)(C)C)n(C3CCC3)c2c1. The summed E-state index contributed by atoms with van der Waals surface area (Å²) in [5, 5.41) is 6.27. The monoisotopic (exact) mass is 328 g/mol. The zero-order valence-corrected chi connectivity index (χ0v) is 15.3. The summed E-state index contributed by atoms with van der Waals surface area (Å²) >= 11 is 0. The molecule has 1 amide bonds. The van der Waals surface area contributed by atoms with E-state index >= 15 is 0 Å². The Hall–Kier alpha value is -2.04. The highest BCUT2D eigenvalue weighted by atomic mass is 16.2. The maximum atomic E-state index is 12.7. The van der Waals surface area contributed by atoms with Crippen molar-refractivity contribution in [1.82, 2.24) is 9.55 Å². The smallest absolute Gasteiger partial charge is 0.230 e. The van der Waals surface area contributed by atoms with E-state index in [9.17, 15) is 4.79 Å². The van der Waals surface area contributed by atoms with Crippen LogP contribution in [0.5, 0.6) is 0 Å². The quantitative estimate of drug-likeness (QED) is 0.873. The number of fused-ring (bicyclic) bond motifs is 1. The van der Waals surface area contributed by atoms with E-state index in [4.69, 9.17) is 4.98 Å². The minimum absolute atomic E-state index is 0.0345. The van der Waals surface area contributed by atoms with Crippen LogP contribution in [0.3, 0.4) is 0 Å². The molecule has 1 heterocycles. The highest BCUT2D eigenvalue weighted by Gasteiger charge is 2.30. The number of carbonyl (C=O) groups is 1. The molecule has 0 bridgehead atoms. The molecule has 0 unspecified atom stereocenters. The molecule has 2 aromatic rings. The first kappa shape index (κ1) is 16.8. The summed E-state index contributed by atoms with van der Waals surface area (Å²) < 4.78 is 2.22. The van der Waals surface area contributed by atoms with Crippen molar-refractivity contribution >= 4 is 28.6 Å². The average Bonchev–Trinajstić information content (AvgIpc) is 2.81.